The summed E-state index contributed by atoms with van der Waals surface area (Å²) in [5.74, 6) is -0.467. The van der Waals surface area contributed by atoms with E-state index in [1.165, 1.54) is 0 Å². The molecule has 0 spiro atoms. The maximum atomic E-state index is 12.1. The zero-order valence-corrected chi connectivity index (χ0v) is 12.7. The highest BCUT2D eigenvalue weighted by atomic mass is 16.3. The Bertz CT molecular complexity index is 708. The molecule has 0 saturated carbocycles. The number of aromatic nitrogens is 1. The van der Waals surface area contributed by atoms with Gasteiger partial charge in [0.05, 0.1) is 6.10 Å². The average Bonchev–Trinajstić information content (AvgIpc) is 2.45. The van der Waals surface area contributed by atoms with E-state index in [0.29, 0.717) is 17.7 Å². The molecule has 2 aromatic rings. The molecule has 0 bridgehead atoms. The number of H-pyrrole nitrogens is 1. The van der Waals surface area contributed by atoms with Gasteiger partial charge in [0.15, 0.2) is 0 Å². The van der Waals surface area contributed by atoms with Crippen molar-refractivity contribution in [1.29, 1.82) is 0 Å². The number of hydrogen-bond donors (Lipinski definition) is 3. The zero-order chi connectivity index (χ0) is 16.1. The van der Waals surface area contributed by atoms with E-state index in [-0.39, 0.29) is 12.1 Å². The van der Waals surface area contributed by atoms with Crippen LogP contribution in [0.2, 0.25) is 0 Å². The number of aryl methyl sites for hydroxylation is 2. The lowest BCUT2D eigenvalue weighted by molar-refractivity contribution is 0.0913. The predicted octanol–water partition coefficient (Wildman–Crippen LogP) is 1.33. The van der Waals surface area contributed by atoms with Crippen LogP contribution in [0.5, 0.6) is 0 Å². The number of carbonyl (C=O) groups excluding carboxylic acids is 1. The molecule has 0 fully saturated rings. The first kappa shape index (κ1) is 16.0. The van der Waals surface area contributed by atoms with Crippen molar-refractivity contribution in [3.8, 4) is 0 Å². The molecule has 1 atom stereocenters. The van der Waals surface area contributed by atoms with Crippen LogP contribution in [0.3, 0.4) is 0 Å². The van der Waals surface area contributed by atoms with Crippen molar-refractivity contribution in [3.63, 3.8) is 0 Å². The third kappa shape index (κ3) is 4.05. The molecule has 0 aliphatic heterocycles. The van der Waals surface area contributed by atoms with Gasteiger partial charge < -0.3 is 15.4 Å². The molecular formula is C17H20N2O3. The second kappa shape index (κ2) is 7.04. The number of hydrogen-bond acceptors (Lipinski definition) is 3. The van der Waals surface area contributed by atoms with Crippen molar-refractivity contribution < 1.29 is 9.90 Å². The third-order valence-electron chi connectivity index (χ3n) is 3.40. The Morgan fingerprint density at radius 2 is 1.95 bits per heavy atom. The molecule has 116 valence electrons. The largest absolute Gasteiger partial charge is 0.391 e. The Balaban J connectivity index is 1.97. The molecule has 5 heteroatoms. The lowest BCUT2D eigenvalue weighted by Crippen LogP contribution is -2.36. The van der Waals surface area contributed by atoms with Crippen molar-refractivity contribution >= 4 is 5.91 Å². The van der Waals surface area contributed by atoms with Crippen molar-refractivity contribution in [2.75, 3.05) is 6.54 Å². The number of aliphatic hydroxyl groups is 1. The Hall–Kier alpha value is -2.40. The Morgan fingerprint density at radius 3 is 2.59 bits per heavy atom. The Labute approximate surface area is 129 Å². The first-order chi connectivity index (χ1) is 10.5. The van der Waals surface area contributed by atoms with Crippen LogP contribution in [0, 0.1) is 13.8 Å². The monoisotopic (exact) mass is 300 g/mol. The van der Waals surface area contributed by atoms with Gasteiger partial charge in [-0.05, 0) is 31.0 Å². The molecule has 0 aliphatic carbocycles. The van der Waals surface area contributed by atoms with Crippen LogP contribution in [-0.4, -0.2) is 28.6 Å². The Morgan fingerprint density at radius 1 is 1.27 bits per heavy atom. The molecule has 5 nitrogen and oxygen atoms in total. The van der Waals surface area contributed by atoms with Gasteiger partial charge in [-0.1, -0.05) is 30.3 Å². The second-order valence-electron chi connectivity index (χ2n) is 5.39. The predicted molar refractivity (Wildman–Crippen MR) is 85.0 cm³/mol. The van der Waals surface area contributed by atoms with Crippen LogP contribution in [0.1, 0.15) is 27.2 Å². The summed E-state index contributed by atoms with van der Waals surface area (Å²) in [6, 6.07) is 11.3. The topological polar surface area (TPSA) is 82.2 Å². The number of amides is 1. The number of carbonyl (C=O) groups is 1. The average molecular weight is 300 g/mol. The molecule has 2 rings (SSSR count). The maximum absolute atomic E-state index is 12.1. The minimum Gasteiger partial charge on any atom is -0.391 e. The van der Waals surface area contributed by atoms with E-state index in [9.17, 15) is 14.7 Å². The second-order valence-corrected chi connectivity index (χ2v) is 5.39. The van der Waals surface area contributed by atoms with Crippen molar-refractivity contribution in [2.24, 2.45) is 0 Å². The van der Waals surface area contributed by atoms with Crippen molar-refractivity contribution in [2.45, 2.75) is 26.4 Å². The first-order valence-electron chi connectivity index (χ1n) is 7.18. The fourth-order valence-electron chi connectivity index (χ4n) is 2.39. The molecule has 0 saturated heterocycles. The lowest BCUT2D eigenvalue weighted by atomic mass is 10.1. The summed E-state index contributed by atoms with van der Waals surface area (Å²) in [5, 5.41) is 12.6. The summed E-state index contributed by atoms with van der Waals surface area (Å²) in [6.45, 7) is 3.58. The van der Waals surface area contributed by atoms with Crippen molar-refractivity contribution in [3.05, 3.63) is 69.1 Å². The number of pyridine rings is 1. The first-order valence-corrected chi connectivity index (χ1v) is 7.18. The van der Waals surface area contributed by atoms with Gasteiger partial charge in [-0.15, -0.1) is 0 Å². The molecule has 22 heavy (non-hydrogen) atoms. The number of aromatic amines is 1. The van der Waals surface area contributed by atoms with E-state index in [4.69, 9.17) is 0 Å². The van der Waals surface area contributed by atoms with E-state index >= 15 is 0 Å². The van der Waals surface area contributed by atoms with E-state index in [2.05, 4.69) is 10.3 Å². The SMILES string of the molecule is Cc1cc(C)c(C(=O)NC[C@H](O)Cc2ccccc2)c(=O)[nH]1. The molecule has 0 radical (unpaired) electrons. The van der Waals surface area contributed by atoms with Gasteiger partial charge in [-0.3, -0.25) is 9.59 Å². The molecule has 3 N–H and O–H groups in total. The minimum absolute atomic E-state index is 0.0949. The van der Waals surface area contributed by atoms with Gasteiger partial charge in [-0.25, -0.2) is 0 Å². The number of rotatable bonds is 5. The minimum atomic E-state index is -0.698. The highest BCUT2D eigenvalue weighted by Gasteiger charge is 2.15. The highest BCUT2D eigenvalue weighted by Crippen LogP contribution is 2.05. The van der Waals surface area contributed by atoms with Gasteiger partial charge in [0.1, 0.15) is 5.56 Å². The molecular weight excluding hydrogens is 280 g/mol. The number of aliphatic hydroxyl groups excluding tert-OH is 1. The van der Waals surface area contributed by atoms with E-state index in [0.717, 1.165) is 5.56 Å². The molecule has 0 aliphatic rings. The summed E-state index contributed by atoms with van der Waals surface area (Å²) in [7, 11) is 0. The maximum Gasteiger partial charge on any atom is 0.261 e. The van der Waals surface area contributed by atoms with Gasteiger partial charge in [0.2, 0.25) is 0 Å². The summed E-state index contributed by atoms with van der Waals surface area (Å²) < 4.78 is 0. The smallest absolute Gasteiger partial charge is 0.261 e. The molecule has 1 amide bonds. The normalized spacial score (nSPS) is 12.0. The van der Waals surface area contributed by atoms with Gasteiger partial charge in [0, 0.05) is 18.7 Å². The third-order valence-corrected chi connectivity index (χ3v) is 3.40. The van der Waals surface area contributed by atoms with E-state index in [1.54, 1.807) is 19.9 Å². The van der Waals surface area contributed by atoms with Crippen LogP contribution < -0.4 is 10.9 Å². The summed E-state index contributed by atoms with van der Waals surface area (Å²) in [4.78, 5) is 26.6. The Kier molecular flexibility index (Phi) is 5.12. The molecule has 1 aromatic heterocycles. The number of nitrogens with one attached hydrogen (secondary N) is 2. The van der Waals surface area contributed by atoms with Crippen LogP contribution in [0.15, 0.2) is 41.2 Å². The molecule has 1 aromatic carbocycles. The standard InChI is InChI=1S/C17H20N2O3/c1-11-8-12(2)19-17(22)15(11)16(21)18-10-14(20)9-13-6-4-3-5-7-13/h3-8,14,20H,9-10H2,1-2H3,(H,18,21)(H,19,22)/t14-/m1/s1. The fourth-order valence-corrected chi connectivity index (χ4v) is 2.39. The summed E-state index contributed by atoms with van der Waals surface area (Å²) in [5.41, 5.74) is 2.01. The quantitative estimate of drug-likeness (QED) is 0.779. The van der Waals surface area contributed by atoms with E-state index in [1.807, 2.05) is 30.3 Å². The van der Waals surface area contributed by atoms with Crippen LogP contribution in [0.25, 0.3) is 0 Å². The fraction of sp³-hybridized carbons (Fsp3) is 0.294. The number of benzene rings is 1. The van der Waals surface area contributed by atoms with Gasteiger partial charge >= 0.3 is 0 Å². The highest BCUT2D eigenvalue weighted by molar-refractivity contribution is 5.95. The molecule has 0 unspecified atom stereocenters. The summed E-state index contributed by atoms with van der Waals surface area (Å²) in [6.07, 6.45) is -0.249. The van der Waals surface area contributed by atoms with Crippen LogP contribution >= 0.6 is 0 Å². The zero-order valence-electron chi connectivity index (χ0n) is 12.7. The van der Waals surface area contributed by atoms with Crippen molar-refractivity contribution in [1.82, 2.24) is 10.3 Å². The van der Waals surface area contributed by atoms with Crippen LogP contribution in [0.4, 0.5) is 0 Å². The summed E-state index contributed by atoms with van der Waals surface area (Å²) >= 11 is 0. The van der Waals surface area contributed by atoms with Crippen LogP contribution in [-0.2, 0) is 6.42 Å². The lowest BCUT2D eigenvalue weighted by Gasteiger charge is -2.12. The van der Waals surface area contributed by atoms with Gasteiger partial charge in [0.25, 0.3) is 11.5 Å². The molecule has 1 heterocycles. The van der Waals surface area contributed by atoms with E-state index < -0.39 is 17.6 Å². The van der Waals surface area contributed by atoms with Gasteiger partial charge in [-0.2, -0.15) is 0 Å².